The van der Waals surface area contributed by atoms with E-state index in [-0.39, 0.29) is 0 Å². The van der Waals surface area contributed by atoms with Crippen molar-refractivity contribution in [3.63, 3.8) is 0 Å². The van der Waals surface area contributed by atoms with Gasteiger partial charge in [0, 0.05) is 28.1 Å². The van der Waals surface area contributed by atoms with Crippen molar-refractivity contribution in [3.05, 3.63) is 114 Å². The number of nitrogens with zero attached hydrogens (tertiary/aromatic N) is 2. The molecule has 0 fully saturated rings. The normalized spacial score (nSPS) is 11.5. The maximum atomic E-state index is 9.21. The van der Waals surface area contributed by atoms with E-state index in [2.05, 4.69) is 100 Å². The number of hydrogen-bond acceptors (Lipinski definition) is 3. The highest BCUT2D eigenvalue weighted by Gasteiger charge is 2.19. The number of fused-ring (bicyclic) bond motifs is 3. The van der Waals surface area contributed by atoms with Crippen LogP contribution < -0.4 is 0 Å². The van der Waals surface area contributed by atoms with E-state index >= 15 is 0 Å². The van der Waals surface area contributed by atoms with Crippen LogP contribution >= 0.6 is 0 Å². The van der Waals surface area contributed by atoms with Gasteiger partial charge >= 0.3 is 0 Å². The summed E-state index contributed by atoms with van der Waals surface area (Å²) in [5, 5.41) is 11.3. The Hall–Kier alpha value is -4.68. The van der Waals surface area contributed by atoms with E-state index in [0.29, 0.717) is 17.4 Å². The quantitative estimate of drug-likeness (QED) is 0.234. The third-order valence-electron chi connectivity index (χ3n) is 7.55. The first-order chi connectivity index (χ1) is 19.0. The first-order valence-electron chi connectivity index (χ1n) is 13.5. The van der Waals surface area contributed by atoms with E-state index in [0.717, 1.165) is 44.3 Å². The summed E-state index contributed by atoms with van der Waals surface area (Å²) in [6.45, 7) is 9.02. The van der Waals surface area contributed by atoms with Gasteiger partial charge in [-0.3, -0.25) is 4.98 Å². The van der Waals surface area contributed by atoms with E-state index in [4.69, 9.17) is 9.40 Å². The van der Waals surface area contributed by atoms with Crippen LogP contribution in [0.5, 0.6) is 0 Å². The van der Waals surface area contributed by atoms with E-state index in [1.54, 1.807) is 0 Å². The maximum Gasteiger partial charge on any atom is 0.144 e. The molecule has 0 aliphatic rings. The summed E-state index contributed by atoms with van der Waals surface area (Å²) in [6, 6.07) is 33.4. The fourth-order valence-electron chi connectivity index (χ4n) is 5.59. The van der Waals surface area contributed by atoms with Crippen molar-refractivity contribution in [2.45, 2.75) is 39.5 Å². The minimum Gasteiger partial charge on any atom is -0.455 e. The number of aromatic nitrogens is 1. The molecule has 2 heterocycles. The number of hydrogen-bond donors (Lipinski definition) is 0. The predicted molar refractivity (Wildman–Crippen MR) is 161 cm³/mol. The van der Waals surface area contributed by atoms with Gasteiger partial charge in [0.25, 0.3) is 0 Å². The summed E-state index contributed by atoms with van der Waals surface area (Å²) in [5.74, 6) is 0.824. The lowest BCUT2D eigenvalue weighted by Gasteiger charge is -2.20. The Labute approximate surface area is 229 Å². The molecular weight excluding hydrogens is 476 g/mol. The van der Waals surface area contributed by atoms with Gasteiger partial charge in [0.2, 0.25) is 0 Å². The number of rotatable bonds is 5. The smallest absolute Gasteiger partial charge is 0.144 e. The molecule has 0 saturated carbocycles. The third-order valence-corrected chi connectivity index (χ3v) is 7.55. The van der Waals surface area contributed by atoms with Gasteiger partial charge in [0.15, 0.2) is 0 Å². The molecule has 2 aromatic heterocycles. The van der Waals surface area contributed by atoms with E-state index in [9.17, 15) is 5.26 Å². The fourth-order valence-corrected chi connectivity index (χ4v) is 5.59. The minimum absolute atomic E-state index is 0.412. The molecule has 0 spiro atoms. The summed E-state index contributed by atoms with van der Waals surface area (Å²) in [5.41, 5.74) is 11.4. The molecule has 0 radical (unpaired) electrons. The van der Waals surface area contributed by atoms with Crippen LogP contribution in [0.4, 0.5) is 0 Å². The van der Waals surface area contributed by atoms with Gasteiger partial charge < -0.3 is 4.42 Å². The molecule has 0 aliphatic carbocycles. The zero-order valence-electron chi connectivity index (χ0n) is 22.7. The van der Waals surface area contributed by atoms with E-state index in [1.807, 2.05) is 30.5 Å². The Morgan fingerprint density at radius 3 is 1.87 bits per heavy atom. The van der Waals surface area contributed by atoms with Gasteiger partial charge in [-0.25, -0.2) is 0 Å². The lowest BCUT2D eigenvalue weighted by molar-refractivity contribution is 0.671. The number of furan rings is 1. The second-order valence-electron chi connectivity index (χ2n) is 10.7. The van der Waals surface area contributed by atoms with Gasteiger partial charge in [-0.2, -0.15) is 5.26 Å². The molecule has 0 aliphatic heterocycles. The van der Waals surface area contributed by atoms with Gasteiger partial charge in [0.05, 0.1) is 17.3 Å². The average Bonchev–Trinajstić information content (AvgIpc) is 3.36. The number of nitriles is 1. The molecule has 0 atom stereocenters. The Kier molecular flexibility index (Phi) is 6.25. The molecule has 3 heteroatoms. The van der Waals surface area contributed by atoms with Crippen molar-refractivity contribution in [1.29, 1.82) is 5.26 Å². The summed E-state index contributed by atoms with van der Waals surface area (Å²) >= 11 is 0. The third kappa shape index (κ3) is 4.29. The molecule has 0 N–H and O–H groups in total. The van der Waals surface area contributed by atoms with Crippen LogP contribution in [0.1, 0.15) is 56.2 Å². The van der Waals surface area contributed by atoms with Crippen LogP contribution in [0.2, 0.25) is 0 Å². The zero-order valence-corrected chi connectivity index (χ0v) is 22.7. The van der Waals surface area contributed by atoms with Gasteiger partial charge in [-0.05, 0) is 70.0 Å². The molecule has 6 aromatic rings. The maximum absolute atomic E-state index is 9.21. The van der Waals surface area contributed by atoms with Crippen LogP contribution in [0.15, 0.2) is 102 Å². The van der Waals surface area contributed by atoms with Crippen molar-refractivity contribution in [2.24, 2.45) is 0 Å². The second kappa shape index (κ2) is 9.89. The molecule has 39 heavy (non-hydrogen) atoms. The Morgan fingerprint density at radius 1 is 0.667 bits per heavy atom. The Morgan fingerprint density at radius 2 is 1.26 bits per heavy atom. The topological polar surface area (TPSA) is 49.8 Å². The molecule has 4 aromatic carbocycles. The van der Waals surface area contributed by atoms with Crippen LogP contribution in [0.3, 0.4) is 0 Å². The molecular formula is C36H30N2O. The number of pyridine rings is 1. The highest BCUT2D eigenvalue weighted by Crippen LogP contribution is 2.41. The average molecular weight is 507 g/mol. The first-order valence-corrected chi connectivity index (χ1v) is 13.5. The lowest BCUT2D eigenvalue weighted by atomic mass is 9.85. The van der Waals surface area contributed by atoms with Crippen molar-refractivity contribution in [1.82, 2.24) is 4.98 Å². The molecule has 0 amide bonds. The first kappa shape index (κ1) is 24.6. The molecule has 190 valence electrons. The second-order valence-corrected chi connectivity index (χ2v) is 10.7. The monoisotopic (exact) mass is 506 g/mol. The van der Waals surface area contributed by atoms with E-state index < -0.39 is 0 Å². The van der Waals surface area contributed by atoms with Crippen molar-refractivity contribution < 1.29 is 4.42 Å². The molecule has 0 bridgehead atoms. The standard InChI is InChI=1S/C36H30N2O/c1-22(2)27-8-5-9-28(23(3)4)34(27)26-18-19-38-33(20-26)32-13-7-12-31-30-11-6-10-29(35(30)39-36(31)32)25-16-14-24(21-37)15-17-25/h5-20,22-23H,1-4H3. The van der Waals surface area contributed by atoms with Crippen molar-refractivity contribution >= 4 is 21.9 Å². The van der Waals surface area contributed by atoms with E-state index in [1.165, 1.54) is 22.3 Å². The summed E-state index contributed by atoms with van der Waals surface area (Å²) < 4.78 is 6.64. The fraction of sp³-hybridized carbons (Fsp3) is 0.167. The highest BCUT2D eigenvalue weighted by molar-refractivity contribution is 6.12. The molecule has 6 rings (SSSR count). The summed E-state index contributed by atoms with van der Waals surface area (Å²) in [4.78, 5) is 4.81. The Balaban J connectivity index is 1.54. The van der Waals surface area contributed by atoms with Gasteiger partial charge in [-0.1, -0.05) is 88.4 Å². The lowest BCUT2D eigenvalue weighted by Crippen LogP contribution is -2.00. The molecule has 0 saturated heterocycles. The zero-order chi connectivity index (χ0) is 27.1. The summed E-state index contributed by atoms with van der Waals surface area (Å²) in [6.07, 6.45) is 1.91. The minimum atomic E-state index is 0.412. The SMILES string of the molecule is CC(C)c1cccc(C(C)C)c1-c1ccnc(-c2cccc3c2oc2c(-c4ccc(C#N)cc4)cccc23)c1. The van der Waals surface area contributed by atoms with Crippen LogP contribution in [0, 0.1) is 11.3 Å². The van der Waals surface area contributed by atoms with Crippen LogP contribution in [0.25, 0.3) is 55.4 Å². The highest BCUT2D eigenvalue weighted by atomic mass is 16.3. The summed E-state index contributed by atoms with van der Waals surface area (Å²) in [7, 11) is 0. The van der Waals surface area contributed by atoms with Gasteiger partial charge in [-0.15, -0.1) is 0 Å². The number of para-hydroxylation sites is 2. The van der Waals surface area contributed by atoms with Crippen molar-refractivity contribution in [2.75, 3.05) is 0 Å². The Bertz CT molecular complexity index is 1840. The predicted octanol–water partition coefficient (Wildman–Crippen LogP) is 10.1. The van der Waals surface area contributed by atoms with Gasteiger partial charge in [0.1, 0.15) is 11.2 Å². The van der Waals surface area contributed by atoms with Crippen molar-refractivity contribution in [3.8, 4) is 39.6 Å². The largest absolute Gasteiger partial charge is 0.455 e. The van der Waals surface area contributed by atoms with Crippen LogP contribution in [-0.4, -0.2) is 4.98 Å². The molecule has 0 unspecified atom stereocenters. The number of benzene rings is 4. The molecule has 3 nitrogen and oxygen atoms in total. The van der Waals surface area contributed by atoms with Crippen LogP contribution in [-0.2, 0) is 0 Å².